The lowest BCUT2D eigenvalue weighted by atomic mass is 10.2. The summed E-state index contributed by atoms with van der Waals surface area (Å²) in [7, 11) is 0. The zero-order valence-electron chi connectivity index (χ0n) is 15.4. The lowest BCUT2D eigenvalue weighted by Crippen LogP contribution is -2.01. The maximum absolute atomic E-state index is 12.0. The molecule has 1 aromatic carbocycles. The molecular formula is C21H21N3O3. The Labute approximate surface area is 157 Å². The van der Waals surface area contributed by atoms with Crippen LogP contribution in [0.3, 0.4) is 0 Å². The monoisotopic (exact) mass is 363 g/mol. The van der Waals surface area contributed by atoms with Crippen molar-refractivity contribution in [3.63, 3.8) is 0 Å². The van der Waals surface area contributed by atoms with E-state index in [4.69, 9.17) is 9.15 Å². The predicted molar refractivity (Wildman–Crippen MR) is 101 cm³/mol. The maximum Gasteiger partial charge on any atom is 0.331 e. The summed E-state index contributed by atoms with van der Waals surface area (Å²) in [4.78, 5) is 12.0. The third-order valence-electron chi connectivity index (χ3n) is 4.66. The molecule has 6 nitrogen and oxygen atoms in total. The van der Waals surface area contributed by atoms with E-state index in [-0.39, 0.29) is 12.5 Å². The molecule has 1 fully saturated rings. The summed E-state index contributed by atoms with van der Waals surface area (Å²) in [5.41, 5.74) is 4.28. The second kappa shape index (κ2) is 7.23. The minimum absolute atomic E-state index is 0.0515. The molecule has 138 valence electrons. The van der Waals surface area contributed by atoms with Gasteiger partial charge in [0.1, 0.15) is 0 Å². The van der Waals surface area contributed by atoms with E-state index in [2.05, 4.69) is 34.7 Å². The fraction of sp³-hybridized carbons (Fsp3) is 0.286. The van der Waals surface area contributed by atoms with Crippen molar-refractivity contribution in [2.45, 2.75) is 39.3 Å². The Balaban J connectivity index is 1.36. The third kappa shape index (κ3) is 3.84. The average molecular weight is 363 g/mol. The molecule has 0 spiro atoms. The Bertz CT molecular complexity index is 982. The summed E-state index contributed by atoms with van der Waals surface area (Å²) in [6.45, 7) is 4.13. The van der Waals surface area contributed by atoms with E-state index < -0.39 is 5.97 Å². The molecule has 0 radical (unpaired) electrons. The molecule has 1 saturated carbocycles. The molecule has 2 heterocycles. The van der Waals surface area contributed by atoms with Gasteiger partial charge in [0.2, 0.25) is 5.89 Å². The van der Waals surface area contributed by atoms with Crippen LogP contribution in [0.2, 0.25) is 0 Å². The van der Waals surface area contributed by atoms with E-state index in [9.17, 15) is 4.79 Å². The van der Waals surface area contributed by atoms with Crippen molar-refractivity contribution in [1.29, 1.82) is 0 Å². The molecule has 0 bridgehead atoms. The molecule has 0 atom stereocenters. The first kappa shape index (κ1) is 17.3. The van der Waals surface area contributed by atoms with Crippen molar-refractivity contribution in [1.82, 2.24) is 14.8 Å². The third-order valence-corrected chi connectivity index (χ3v) is 4.66. The number of hydrogen-bond donors (Lipinski definition) is 0. The number of esters is 1. The van der Waals surface area contributed by atoms with Crippen LogP contribution in [0.1, 0.15) is 41.7 Å². The normalized spacial score (nSPS) is 14.0. The summed E-state index contributed by atoms with van der Waals surface area (Å²) in [6.07, 6.45) is 5.70. The first-order valence-electron chi connectivity index (χ1n) is 9.03. The molecule has 1 aliphatic carbocycles. The molecule has 4 rings (SSSR count). The highest BCUT2D eigenvalue weighted by Gasteiger charge is 2.26. The summed E-state index contributed by atoms with van der Waals surface area (Å²) in [6, 6.07) is 12.2. The maximum atomic E-state index is 12.0. The Hall–Kier alpha value is -3.15. The van der Waals surface area contributed by atoms with Gasteiger partial charge in [-0.25, -0.2) is 4.79 Å². The second-order valence-electron chi connectivity index (χ2n) is 6.74. The van der Waals surface area contributed by atoms with Crippen molar-refractivity contribution in [2.24, 2.45) is 0 Å². The summed E-state index contributed by atoms with van der Waals surface area (Å²) in [5, 5.41) is 7.89. The van der Waals surface area contributed by atoms with Crippen molar-refractivity contribution in [2.75, 3.05) is 0 Å². The molecule has 3 aromatic rings. The van der Waals surface area contributed by atoms with Crippen LogP contribution in [0, 0.1) is 13.8 Å². The summed E-state index contributed by atoms with van der Waals surface area (Å²) < 4.78 is 13.1. The van der Waals surface area contributed by atoms with Gasteiger partial charge in [-0.3, -0.25) is 0 Å². The first-order chi connectivity index (χ1) is 13.1. The van der Waals surface area contributed by atoms with E-state index in [0.717, 1.165) is 11.1 Å². The number of nitrogens with zero attached hydrogens (tertiary/aromatic N) is 3. The van der Waals surface area contributed by atoms with Crippen LogP contribution in [0.4, 0.5) is 0 Å². The van der Waals surface area contributed by atoms with E-state index in [0.29, 0.717) is 11.9 Å². The van der Waals surface area contributed by atoms with E-state index in [1.54, 1.807) is 6.08 Å². The Morgan fingerprint density at radius 3 is 2.78 bits per heavy atom. The van der Waals surface area contributed by atoms with Crippen LogP contribution in [0.25, 0.3) is 17.5 Å². The number of aromatic nitrogens is 3. The highest BCUT2D eigenvalue weighted by atomic mass is 16.5. The second-order valence-corrected chi connectivity index (χ2v) is 6.74. The van der Waals surface area contributed by atoms with Gasteiger partial charge in [-0.15, -0.1) is 10.2 Å². The minimum Gasteiger partial charge on any atom is -0.452 e. The smallest absolute Gasteiger partial charge is 0.331 e. The number of carbonyl (C=O) groups excluding carboxylic acids is 1. The molecule has 27 heavy (non-hydrogen) atoms. The summed E-state index contributed by atoms with van der Waals surface area (Å²) in [5.74, 6) is 0.234. The van der Waals surface area contributed by atoms with Gasteiger partial charge in [-0.05, 0) is 56.5 Å². The van der Waals surface area contributed by atoms with Crippen LogP contribution < -0.4 is 0 Å². The average Bonchev–Trinajstić information content (AvgIpc) is 3.31. The van der Waals surface area contributed by atoms with E-state index in [1.165, 1.54) is 30.3 Å². The molecule has 0 unspecified atom stereocenters. The SMILES string of the molecule is Cc1cc(/C=C/C(=O)OCc2nnc(-c3ccccc3)o2)c(C)n1C1CC1. The van der Waals surface area contributed by atoms with Gasteiger partial charge < -0.3 is 13.7 Å². The van der Waals surface area contributed by atoms with E-state index >= 15 is 0 Å². The molecule has 0 amide bonds. The van der Waals surface area contributed by atoms with Gasteiger partial charge in [0, 0.05) is 29.1 Å². The molecule has 6 heteroatoms. The first-order valence-corrected chi connectivity index (χ1v) is 9.03. The fourth-order valence-electron chi connectivity index (χ4n) is 3.21. The van der Waals surface area contributed by atoms with Crippen molar-refractivity contribution in [3.05, 3.63) is 65.3 Å². The highest BCUT2D eigenvalue weighted by Crippen LogP contribution is 2.38. The Kier molecular flexibility index (Phi) is 4.62. The number of rotatable bonds is 6. The molecule has 0 saturated heterocycles. The van der Waals surface area contributed by atoms with Crippen molar-refractivity contribution in [3.8, 4) is 11.5 Å². The lowest BCUT2D eigenvalue weighted by Gasteiger charge is -2.06. The number of benzene rings is 1. The standard InChI is InChI=1S/C21H21N3O3/c1-14-12-17(15(2)24(14)18-9-10-18)8-11-20(25)26-13-19-22-23-21(27-19)16-6-4-3-5-7-16/h3-8,11-12,18H,9-10,13H2,1-2H3/b11-8+. The number of aryl methyl sites for hydroxylation is 1. The predicted octanol–water partition coefficient (Wildman–Crippen LogP) is 4.25. The molecule has 0 aliphatic heterocycles. The van der Waals surface area contributed by atoms with E-state index in [1.807, 2.05) is 30.3 Å². The van der Waals surface area contributed by atoms with Gasteiger partial charge >= 0.3 is 5.97 Å². The van der Waals surface area contributed by atoms with Gasteiger partial charge in [-0.1, -0.05) is 18.2 Å². The van der Waals surface area contributed by atoms with Crippen LogP contribution in [0.15, 0.2) is 46.9 Å². The van der Waals surface area contributed by atoms with Crippen molar-refractivity contribution < 1.29 is 13.9 Å². The summed E-state index contributed by atoms with van der Waals surface area (Å²) >= 11 is 0. The van der Waals surface area contributed by atoms with Crippen LogP contribution >= 0.6 is 0 Å². The Morgan fingerprint density at radius 1 is 1.26 bits per heavy atom. The van der Waals surface area contributed by atoms with Crippen LogP contribution in [-0.2, 0) is 16.1 Å². The van der Waals surface area contributed by atoms with Gasteiger partial charge in [0.15, 0.2) is 6.61 Å². The molecular weight excluding hydrogens is 342 g/mol. The number of carbonyl (C=O) groups is 1. The lowest BCUT2D eigenvalue weighted by molar-refractivity contribution is -0.139. The Morgan fingerprint density at radius 2 is 2.04 bits per heavy atom. The quantitative estimate of drug-likeness (QED) is 0.484. The van der Waals surface area contributed by atoms with Crippen LogP contribution in [-0.4, -0.2) is 20.7 Å². The molecule has 1 aliphatic rings. The molecule has 2 aromatic heterocycles. The minimum atomic E-state index is -0.439. The van der Waals surface area contributed by atoms with Gasteiger partial charge in [-0.2, -0.15) is 0 Å². The number of ether oxygens (including phenoxy) is 1. The largest absolute Gasteiger partial charge is 0.452 e. The van der Waals surface area contributed by atoms with Crippen molar-refractivity contribution >= 4 is 12.0 Å². The van der Waals surface area contributed by atoms with Gasteiger partial charge in [0.25, 0.3) is 5.89 Å². The fourth-order valence-corrected chi connectivity index (χ4v) is 3.21. The van der Waals surface area contributed by atoms with Gasteiger partial charge in [0.05, 0.1) is 0 Å². The topological polar surface area (TPSA) is 70.2 Å². The van der Waals surface area contributed by atoms with Crippen LogP contribution in [0.5, 0.6) is 0 Å². The molecule has 0 N–H and O–H groups in total. The highest BCUT2D eigenvalue weighted by molar-refractivity contribution is 5.87. The number of hydrogen-bond acceptors (Lipinski definition) is 5. The zero-order valence-corrected chi connectivity index (χ0v) is 15.4. The zero-order chi connectivity index (χ0) is 18.8.